The average Bonchev–Trinajstić information content (AvgIpc) is 1.98. The summed E-state index contributed by atoms with van der Waals surface area (Å²) < 4.78 is 12.5. The van der Waals surface area contributed by atoms with E-state index in [-0.39, 0.29) is 11.5 Å². The first kappa shape index (κ1) is 5.87. The third-order valence-corrected chi connectivity index (χ3v) is 1.10. The van der Waals surface area contributed by atoms with E-state index in [1.807, 2.05) is 0 Å². The Labute approximate surface area is 51.2 Å². The molecule has 4 nitrogen and oxygen atoms in total. The number of aromatic nitrogens is 2. The summed E-state index contributed by atoms with van der Waals surface area (Å²) in [7, 11) is 0. The Morgan fingerprint density at radius 2 is 2.22 bits per heavy atom. The maximum atomic E-state index is 12.5. The Hall–Kier alpha value is -1.26. The summed E-state index contributed by atoms with van der Waals surface area (Å²) in [6, 6.07) is 0. The second-order valence-corrected chi connectivity index (χ2v) is 1.73. The van der Waals surface area contributed by atoms with E-state index < -0.39 is 5.82 Å². The summed E-state index contributed by atoms with van der Waals surface area (Å²) in [5.41, 5.74) is 5.30. The molecule has 0 radical (unpaired) electrons. The van der Waals surface area contributed by atoms with Gasteiger partial charge in [-0.05, 0) is 6.92 Å². The van der Waals surface area contributed by atoms with Crippen LogP contribution in [-0.2, 0) is 0 Å². The van der Waals surface area contributed by atoms with Crippen molar-refractivity contribution in [2.75, 3.05) is 11.6 Å². The molecule has 1 rings (SSSR count). The first-order chi connectivity index (χ1) is 4.13. The number of hydrogen-bond acceptors (Lipinski definition) is 3. The molecule has 0 aliphatic carbocycles. The first-order valence-corrected chi connectivity index (χ1v) is 2.38. The minimum Gasteiger partial charge on any atom is -0.380 e. The summed E-state index contributed by atoms with van der Waals surface area (Å²) in [6.45, 7) is 1.50. The molecule has 5 heteroatoms. The van der Waals surface area contributed by atoms with Crippen LogP contribution in [0.4, 0.5) is 10.2 Å². The molecule has 4 N–H and O–H groups in total. The van der Waals surface area contributed by atoms with E-state index >= 15 is 0 Å². The molecule has 0 aromatic carbocycles. The molecule has 1 heterocycles. The minimum absolute atomic E-state index is 0.157. The number of halogens is 1. The molecule has 1 aromatic rings. The monoisotopic (exact) mass is 130 g/mol. The number of anilines is 1. The molecule has 0 aliphatic rings. The lowest BCUT2D eigenvalue weighted by Gasteiger charge is -1.88. The van der Waals surface area contributed by atoms with Gasteiger partial charge in [-0.2, -0.15) is 4.79 Å². The summed E-state index contributed by atoms with van der Waals surface area (Å²) in [4.78, 5) is 0.907. The number of nitrogens with two attached hydrogens (primary N) is 2. The van der Waals surface area contributed by atoms with Crippen molar-refractivity contribution in [2.45, 2.75) is 6.92 Å². The third-order valence-electron chi connectivity index (χ3n) is 1.10. The van der Waals surface area contributed by atoms with Crippen molar-refractivity contribution in [3.63, 3.8) is 0 Å². The largest absolute Gasteiger partial charge is 0.380 e. The van der Waals surface area contributed by atoms with Gasteiger partial charge in [-0.25, -0.2) is 4.39 Å². The Bertz CT molecular complexity index is 206. The van der Waals surface area contributed by atoms with Gasteiger partial charge in [0.15, 0.2) is 11.6 Å². The predicted molar refractivity (Wildman–Crippen MR) is 31.5 cm³/mol. The van der Waals surface area contributed by atoms with Crippen molar-refractivity contribution >= 4 is 5.82 Å². The van der Waals surface area contributed by atoms with Crippen molar-refractivity contribution in [1.82, 2.24) is 9.89 Å². The summed E-state index contributed by atoms with van der Waals surface area (Å²) in [6.07, 6.45) is 0. The quantitative estimate of drug-likeness (QED) is 0.470. The zero-order chi connectivity index (χ0) is 7.02. The van der Waals surface area contributed by atoms with E-state index in [1.165, 1.54) is 6.92 Å². The zero-order valence-corrected chi connectivity index (χ0v) is 4.93. The molecule has 0 atom stereocenters. The molecule has 0 aliphatic heterocycles. The second kappa shape index (κ2) is 1.61. The Morgan fingerprint density at radius 1 is 1.67 bits per heavy atom. The fraction of sp³-hybridized carbons (Fsp3) is 0.250. The normalized spacial score (nSPS) is 10.0. The zero-order valence-electron chi connectivity index (χ0n) is 4.93. The van der Waals surface area contributed by atoms with Crippen LogP contribution in [0.15, 0.2) is 0 Å². The standard InChI is InChI=1S/C4H7FN4/c1-2-3(5)4(6)8-9(2)7/h7H2,1H3,(H2,6,8). The van der Waals surface area contributed by atoms with Gasteiger partial charge in [0, 0.05) is 0 Å². The predicted octanol–water partition coefficient (Wildman–Crippen LogP) is -0.373. The highest BCUT2D eigenvalue weighted by Gasteiger charge is 2.07. The van der Waals surface area contributed by atoms with Gasteiger partial charge in [-0.1, -0.05) is 0 Å². The van der Waals surface area contributed by atoms with E-state index in [9.17, 15) is 4.39 Å². The van der Waals surface area contributed by atoms with E-state index in [0.717, 1.165) is 4.79 Å². The average molecular weight is 130 g/mol. The van der Waals surface area contributed by atoms with E-state index in [1.54, 1.807) is 0 Å². The maximum Gasteiger partial charge on any atom is 0.189 e. The molecule has 1 aromatic heterocycles. The number of nitrogen functional groups attached to an aromatic ring is 2. The smallest absolute Gasteiger partial charge is 0.189 e. The highest BCUT2D eigenvalue weighted by molar-refractivity contribution is 5.31. The van der Waals surface area contributed by atoms with Crippen molar-refractivity contribution in [1.29, 1.82) is 0 Å². The van der Waals surface area contributed by atoms with Crippen LogP contribution in [-0.4, -0.2) is 9.89 Å². The van der Waals surface area contributed by atoms with Gasteiger partial charge in [0.25, 0.3) is 0 Å². The molecule has 0 saturated heterocycles. The molecule has 50 valence electrons. The van der Waals surface area contributed by atoms with Crippen LogP contribution >= 0.6 is 0 Å². The summed E-state index contributed by atoms with van der Waals surface area (Å²) in [5, 5.41) is 3.41. The van der Waals surface area contributed by atoms with Crippen molar-refractivity contribution in [3.05, 3.63) is 11.5 Å². The van der Waals surface area contributed by atoms with Crippen LogP contribution in [0, 0.1) is 12.7 Å². The number of rotatable bonds is 0. The van der Waals surface area contributed by atoms with Crippen molar-refractivity contribution < 1.29 is 4.39 Å². The lowest BCUT2D eigenvalue weighted by atomic mass is 10.4. The van der Waals surface area contributed by atoms with Gasteiger partial charge in [-0.3, -0.25) is 0 Å². The van der Waals surface area contributed by atoms with Crippen molar-refractivity contribution in [2.24, 2.45) is 0 Å². The SMILES string of the molecule is Cc1c(F)c(N)nn1N. The lowest BCUT2D eigenvalue weighted by molar-refractivity contribution is 0.617. The summed E-state index contributed by atoms with van der Waals surface area (Å²) in [5.74, 6) is 4.43. The van der Waals surface area contributed by atoms with Gasteiger partial charge in [0.1, 0.15) is 0 Å². The topological polar surface area (TPSA) is 69.9 Å². The van der Waals surface area contributed by atoms with Gasteiger partial charge < -0.3 is 11.6 Å². The Balaban J connectivity index is 3.29. The van der Waals surface area contributed by atoms with Crippen LogP contribution in [0.25, 0.3) is 0 Å². The van der Waals surface area contributed by atoms with Gasteiger partial charge in [0.05, 0.1) is 5.69 Å². The van der Waals surface area contributed by atoms with Crippen LogP contribution in [0.5, 0.6) is 0 Å². The third kappa shape index (κ3) is 0.697. The van der Waals surface area contributed by atoms with Gasteiger partial charge in [-0.15, -0.1) is 5.10 Å². The Morgan fingerprint density at radius 3 is 2.33 bits per heavy atom. The van der Waals surface area contributed by atoms with E-state index in [2.05, 4.69) is 5.10 Å². The van der Waals surface area contributed by atoms with Crippen LogP contribution in [0.1, 0.15) is 5.69 Å². The number of nitrogens with zero attached hydrogens (tertiary/aromatic N) is 2. The molecule has 0 amide bonds. The summed E-state index contributed by atoms with van der Waals surface area (Å²) >= 11 is 0. The lowest BCUT2D eigenvalue weighted by Crippen LogP contribution is -2.11. The fourth-order valence-corrected chi connectivity index (χ4v) is 0.521. The minimum atomic E-state index is -0.544. The fourth-order valence-electron chi connectivity index (χ4n) is 0.521. The number of hydrogen-bond donors (Lipinski definition) is 2. The molecule has 0 unspecified atom stereocenters. The highest BCUT2D eigenvalue weighted by atomic mass is 19.1. The van der Waals surface area contributed by atoms with Crippen LogP contribution < -0.4 is 11.6 Å². The highest BCUT2D eigenvalue weighted by Crippen LogP contribution is 2.09. The van der Waals surface area contributed by atoms with Crippen molar-refractivity contribution in [3.8, 4) is 0 Å². The van der Waals surface area contributed by atoms with Gasteiger partial charge >= 0.3 is 0 Å². The molecule has 0 fully saturated rings. The van der Waals surface area contributed by atoms with E-state index in [4.69, 9.17) is 11.6 Å². The maximum absolute atomic E-state index is 12.5. The van der Waals surface area contributed by atoms with Gasteiger partial charge in [0.2, 0.25) is 0 Å². The van der Waals surface area contributed by atoms with Crippen LogP contribution in [0.3, 0.4) is 0 Å². The molecule has 9 heavy (non-hydrogen) atoms. The molecule has 0 bridgehead atoms. The van der Waals surface area contributed by atoms with E-state index in [0.29, 0.717) is 0 Å². The molecular weight excluding hydrogens is 123 g/mol. The Kier molecular flexibility index (Phi) is 1.05. The first-order valence-electron chi connectivity index (χ1n) is 2.38. The molecule has 0 saturated carbocycles. The molecule has 0 spiro atoms. The molecular formula is C4H7FN4. The van der Waals surface area contributed by atoms with Crippen LogP contribution in [0.2, 0.25) is 0 Å². The second-order valence-electron chi connectivity index (χ2n) is 1.73.